The number of benzene rings is 2. The maximum atomic E-state index is 13.3. The number of hydrogen-bond acceptors (Lipinski definition) is 4. The summed E-state index contributed by atoms with van der Waals surface area (Å²) in [7, 11) is 0. The normalized spacial score (nSPS) is 21.8. The standard InChI is InChI=1S/C23H25NO4/c1-15-3-7-17(8-4-15)21(25)18-9-10-20-19(13-18)23(27-11-2-12-28-23)22(26)24(20)14-16-5-6-16/h3-4,7-10,13,16,21,25H,2,5-6,11-12,14H2,1H3. The zero-order valence-electron chi connectivity index (χ0n) is 16.1. The Kier molecular flexibility index (Phi) is 4.27. The van der Waals surface area contributed by atoms with E-state index in [1.54, 1.807) is 0 Å². The average molecular weight is 379 g/mol. The van der Waals surface area contributed by atoms with Gasteiger partial charge in [0.1, 0.15) is 6.10 Å². The van der Waals surface area contributed by atoms with Crippen molar-refractivity contribution in [2.45, 2.75) is 38.1 Å². The van der Waals surface area contributed by atoms with Crippen molar-refractivity contribution in [3.05, 3.63) is 64.7 Å². The molecule has 0 bridgehead atoms. The van der Waals surface area contributed by atoms with Crippen LogP contribution in [0, 0.1) is 12.8 Å². The van der Waals surface area contributed by atoms with Crippen LogP contribution in [0.15, 0.2) is 42.5 Å². The van der Waals surface area contributed by atoms with Gasteiger partial charge in [-0.05, 0) is 55.4 Å². The first-order valence-corrected chi connectivity index (χ1v) is 10.1. The molecule has 5 rings (SSSR count). The summed E-state index contributed by atoms with van der Waals surface area (Å²) in [5.74, 6) is -0.921. The molecule has 146 valence electrons. The Labute approximate surface area is 164 Å². The van der Waals surface area contributed by atoms with Gasteiger partial charge in [-0.15, -0.1) is 0 Å². The van der Waals surface area contributed by atoms with Gasteiger partial charge in [0.25, 0.3) is 11.7 Å². The number of fused-ring (bicyclic) bond motifs is 2. The predicted octanol–water partition coefficient (Wildman–Crippen LogP) is 3.42. The van der Waals surface area contributed by atoms with Crippen LogP contribution in [0.3, 0.4) is 0 Å². The third-order valence-corrected chi connectivity index (χ3v) is 5.94. The number of nitrogens with zero attached hydrogens (tertiary/aromatic N) is 1. The van der Waals surface area contributed by atoms with Gasteiger partial charge >= 0.3 is 0 Å². The monoisotopic (exact) mass is 379 g/mol. The van der Waals surface area contributed by atoms with E-state index >= 15 is 0 Å². The molecule has 1 aliphatic carbocycles. The molecule has 1 spiro atoms. The lowest BCUT2D eigenvalue weighted by molar-refractivity contribution is -0.256. The van der Waals surface area contributed by atoms with Crippen LogP contribution in [0.2, 0.25) is 0 Å². The van der Waals surface area contributed by atoms with Crippen LogP contribution in [0.4, 0.5) is 5.69 Å². The summed E-state index contributed by atoms with van der Waals surface area (Å²) >= 11 is 0. The van der Waals surface area contributed by atoms with E-state index in [2.05, 4.69) is 0 Å². The van der Waals surface area contributed by atoms with Crippen LogP contribution < -0.4 is 4.90 Å². The van der Waals surface area contributed by atoms with Crippen molar-refractivity contribution < 1.29 is 19.4 Å². The SMILES string of the molecule is Cc1ccc(C(O)c2ccc3c(c2)C2(OCCCO2)C(=O)N3CC2CC2)cc1. The minimum atomic E-state index is -1.36. The Hall–Kier alpha value is -2.21. The highest BCUT2D eigenvalue weighted by atomic mass is 16.7. The second-order valence-corrected chi connectivity index (χ2v) is 8.12. The highest BCUT2D eigenvalue weighted by Crippen LogP contribution is 2.47. The summed E-state index contributed by atoms with van der Waals surface area (Å²) in [5, 5.41) is 10.9. The minimum absolute atomic E-state index is 0.129. The van der Waals surface area contributed by atoms with E-state index in [4.69, 9.17) is 9.47 Å². The molecule has 5 nitrogen and oxygen atoms in total. The van der Waals surface area contributed by atoms with Crippen LogP contribution in [0.1, 0.15) is 47.6 Å². The number of carbonyl (C=O) groups is 1. The average Bonchev–Trinajstić information content (AvgIpc) is 3.53. The van der Waals surface area contributed by atoms with Crippen molar-refractivity contribution in [3.63, 3.8) is 0 Å². The third-order valence-electron chi connectivity index (χ3n) is 5.94. The van der Waals surface area contributed by atoms with Crippen LogP contribution in [-0.2, 0) is 20.1 Å². The largest absolute Gasteiger partial charge is 0.384 e. The Morgan fingerprint density at radius 2 is 1.79 bits per heavy atom. The molecule has 28 heavy (non-hydrogen) atoms. The molecule has 2 heterocycles. The summed E-state index contributed by atoms with van der Waals surface area (Å²) in [6.45, 7) is 3.72. The number of aliphatic hydroxyl groups is 1. The summed E-state index contributed by atoms with van der Waals surface area (Å²) in [4.78, 5) is 15.1. The van der Waals surface area contributed by atoms with E-state index in [9.17, 15) is 9.90 Å². The van der Waals surface area contributed by atoms with E-state index in [-0.39, 0.29) is 5.91 Å². The van der Waals surface area contributed by atoms with Crippen molar-refractivity contribution >= 4 is 11.6 Å². The molecule has 1 amide bonds. The summed E-state index contributed by atoms with van der Waals surface area (Å²) in [5.41, 5.74) is 4.28. The smallest absolute Gasteiger partial charge is 0.292 e. The van der Waals surface area contributed by atoms with Crippen LogP contribution in [-0.4, -0.2) is 30.8 Å². The molecule has 2 fully saturated rings. The summed E-state index contributed by atoms with van der Waals surface area (Å²) < 4.78 is 11.9. The third kappa shape index (κ3) is 2.85. The molecular formula is C23H25NO4. The van der Waals surface area contributed by atoms with Gasteiger partial charge in [0, 0.05) is 12.1 Å². The molecule has 2 aromatic carbocycles. The molecule has 1 N–H and O–H groups in total. The first kappa shape index (κ1) is 17.9. The molecule has 5 heteroatoms. The van der Waals surface area contributed by atoms with Gasteiger partial charge in [-0.3, -0.25) is 4.79 Å². The Balaban J connectivity index is 1.55. The van der Waals surface area contributed by atoms with Gasteiger partial charge in [-0.25, -0.2) is 0 Å². The van der Waals surface area contributed by atoms with E-state index in [0.29, 0.717) is 25.7 Å². The van der Waals surface area contributed by atoms with Gasteiger partial charge in [0.15, 0.2) is 0 Å². The van der Waals surface area contributed by atoms with Gasteiger partial charge in [0.2, 0.25) is 0 Å². The summed E-state index contributed by atoms with van der Waals surface area (Å²) in [6.07, 6.45) is 2.34. The van der Waals surface area contributed by atoms with Crippen molar-refractivity contribution in [3.8, 4) is 0 Å². The quantitative estimate of drug-likeness (QED) is 0.884. The topological polar surface area (TPSA) is 59.0 Å². The van der Waals surface area contributed by atoms with Gasteiger partial charge < -0.3 is 19.5 Å². The molecule has 2 aliphatic heterocycles. The number of anilines is 1. The maximum Gasteiger partial charge on any atom is 0.292 e. The fourth-order valence-corrected chi connectivity index (χ4v) is 4.12. The molecule has 1 atom stereocenters. The Morgan fingerprint density at radius 3 is 2.46 bits per heavy atom. The second kappa shape index (κ2) is 6.69. The molecule has 0 radical (unpaired) electrons. The number of hydrogen-bond donors (Lipinski definition) is 1. The summed E-state index contributed by atoms with van der Waals surface area (Å²) in [6, 6.07) is 13.6. The molecule has 2 aromatic rings. The highest BCUT2D eigenvalue weighted by Gasteiger charge is 2.55. The molecule has 3 aliphatic rings. The molecule has 1 saturated carbocycles. The van der Waals surface area contributed by atoms with Crippen LogP contribution >= 0.6 is 0 Å². The molecule has 1 unspecified atom stereocenters. The lowest BCUT2D eigenvalue weighted by atomic mass is 9.96. The van der Waals surface area contributed by atoms with Gasteiger partial charge in [-0.1, -0.05) is 35.9 Å². The van der Waals surface area contributed by atoms with Gasteiger partial charge in [-0.2, -0.15) is 0 Å². The Bertz CT molecular complexity index is 897. The van der Waals surface area contributed by atoms with Crippen molar-refractivity contribution in [1.82, 2.24) is 0 Å². The maximum absolute atomic E-state index is 13.3. The molecule has 0 aromatic heterocycles. The number of carbonyl (C=O) groups excluding carboxylic acids is 1. The zero-order chi connectivity index (χ0) is 19.3. The van der Waals surface area contributed by atoms with Crippen LogP contribution in [0.25, 0.3) is 0 Å². The van der Waals surface area contributed by atoms with E-state index in [1.165, 1.54) is 0 Å². The number of ether oxygens (including phenoxy) is 2. The van der Waals surface area contributed by atoms with E-state index < -0.39 is 11.9 Å². The number of amides is 1. The Morgan fingerprint density at radius 1 is 1.11 bits per heavy atom. The predicted molar refractivity (Wildman–Crippen MR) is 105 cm³/mol. The number of rotatable bonds is 4. The minimum Gasteiger partial charge on any atom is -0.384 e. The van der Waals surface area contributed by atoms with Crippen molar-refractivity contribution in [2.75, 3.05) is 24.7 Å². The number of aryl methyl sites for hydroxylation is 1. The van der Waals surface area contributed by atoms with Crippen LogP contribution in [0.5, 0.6) is 0 Å². The van der Waals surface area contributed by atoms with Gasteiger partial charge in [0.05, 0.1) is 18.9 Å². The molecule has 1 saturated heterocycles. The zero-order valence-corrected chi connectivity index (χ0v) is 16.1. The second-order valence-electron chi connectivity index (χ2n) is 8.12. The first-order chi connectivity index (χ1) is 13.6. The fourth-order valence-electron chi connectivity index (χ4n) is 4.12. The van der Waals surface area contributed by atoms with E-state index in [0.717, 1.165) is 47.2 Å². The first-order valence-electron chi connectivity index (χ1n) is 10.1. The number of aliphatic hydroxyl groups excluding tert-OH is 1. The highest BCUT2D eigenvalue weighted by molar-refractivity contribution is 6.06. The van der Waals surface area contributed by atoms with Crippen molar-refractivity contribution in [2.24, 2.45) is 5.92 Å². The van der Waals surface area contributed by atoms with E-state index in [1.807, 2.05) is 54.3 Å². The lowest BCUT2D eigenvalue weighted by Crippen LogP contribution is -2.47. The lowest BCUT2D eigenvalue weighted by Gasteiger charge is -2.32. The molecular weight excluding hydrogens is 354 g/mol. The van der Waals surface area contributed by atoms with Crippen molar-refractivity contribution in [1.29, 1.82) is 0 Å². The fraction of sp³-hybridized carbons (Fsp3) is 0.435.